The average molecular weight is 191 g/mol. The van der Waals surface area contributed by atoms with Gasteiger partial charge >= 0.3 is 5.97 Å². The molecule has 1 aromatic carbocycles. The predicted molar refractivity (Wildman–Crippen MR) is 54.9 cm³/mol. The first-order valence-corrected chi connectivity index (χ1v) is 4.35. The molecule has 0 saturated heterocycles. The van der Waals surface area contributed by atoms with Crippen molar-refractivity contribution in [2.45, 2.75) is 6.92 Å². The molecule has 0 heterocycles. The van der Waals surface area contributed by atoms with E-state index >= 15 is 0 Å². The van der Waals surface area contributed by atoms with Gasteiger partial charge in [0, 0.05) is 18.8 Å². The Balaban J connectivity index is 2.58. The van der Waals surface area contributed by atoms with E-state index in [0.717, 1.165) is 5.70 Å². The minimum Gasteiger partial charge on any atom is -0.423 e. The van der Waals surface area contributed by atoms with Crippen LogP contribution < -0.4 is 10.1 Å². The molecule has 74 valence electrons. The Morgan fingerprint density at radius 3 is 2.57 bits per heavy atom. The van der Waals surface area contributed by atoms with Gasteiger partial charge in [0.15, 0.2) is 0 Å². The van der Waals surface area contributed by atoms with Crippen LogP contribution in [0.15, 0.2) is 42.1 Å². The zero-order valence-corrected chi connectivity index (χ0v) is 8.28. The molecule has 0 aliphatic heterocycles. The van der Waals surface area contributed by atoms with Crippen molar-refractivity contribution in [3.8, 4) is 5.75 Å². The molecule has 0 aliphatic rings. The van der Waals surface area contributed by atoms with Gasteiger partial charge in [0.1, 0.15) is 5.75 Å². The first-order valence-electron chi connectivity index (χ1n) is 4.35. The summed E-state index contributed by atoms with van der Waals surface area (Å²) in [6.07, 6.45) is 1.41. The van der Waals surface area contributed by atoms with Gasteiger partial charge in [0.05, 0.1) is 0 Å². The van der Waals surface area contributed by atoms with Crippen molar-refractivity contribution in [3.63, 3.8) is 0 Å². The van der Waals surface area contributed by atoms with Gasteiger partial charge in [-0.25, -0.2) is 4.79 Å². The summed E-state index contributed by atoms with van der Waals surface area (Å²) in [4.78, 5) is 11.2. The van der Waals surface area contributed by atoms with Crippen molar-refractivity contribution < 1.29 is 9.53 Å². The summed E-state index contributed by atoms with van der Waals surface area (Å²) in [5, 5.41) is 2.84. The van der Waals surface area contributed by atoms with Crippen LogP contribution in [0.2, 0.25) is 0 Å². The van der Waals surface area contributed by atoms with Crippen molar-refractivity contribution in [1.29, 1.82) is 0 Å². The van der Waals surface area contributed by atoms with Crippen molar-refractivity contribution in [1.82, 2.24) is 5.32 Å². The van der Waals surface area contributed by atoms with Crippen molar-refractivity contribution in [2.75, 3.05) is 7.05 Å². The fourth-order valence-corrected chi connectivity index (χ4v) is 0.883. The lowest BCUT2D eigenvalue weighted by Crippen LogP contribution is -2.09. The van der Waals surface area contributed by atoms with Crippen LogP contribution in [-0.2, 0) is 4.79 Å². The number of allylic oxidation sites excluding steroid dienone is 1. The van der Waals surface area contributed by atoms with Gasteiger partial charge in [0.25, 0.3) is 0 Å². The van der Waals surface area contributed by atoms with Gasteiger partial charge in [-0.1, -0.05) is 18.2 Å². The van der Waals surface area contributed by atoms with Gasteiger partial charge in [-0.05, 0) is 19.1 Å². The van der Waals surface area contributed by atoms with Gasteiger partial charge in [-0.3, -0.25) is 0 Å². The third-order valence-corrected chi connectivity index (χ3v) is 1.69. The van der Waals surface area contributed by atoms with E-state index in [2.05, 4.69) is 5.32 Å². The predicted octanol–water partition coefficient (Wildman–Crippen LogP) is 1.72. The molecule has 14 heavy (non-hydrogen) atoms. The van der Waals surface area contributed by atoms with Crippen LogP contribution in [0.3, 0.4) is 0 Å². The highest BCUT2D eigenvalue weighted by molar-refractivity contribution is 5.84. The Kier molecular flexibility index (Phi) is 3.73. The molecule has 0 fully saturated rings. The van der Waals surface area contributed by atoms with Crippen LogP contribution in [0.4, 0.5) is 0 Å². The largest absolute Gasteiger partial charge is 0.423 e. The zero-order chi connectivity index (χ0) is 10.4. The number of benzene rings is 1. The number of rotatable bonds is 3. The third-order valence-electron chi connectivity index (χ3n) is 1.69. The second kappa shape index (κ2) is 5.07. The maximum atomic E-state index is 11.2. The summed E-state index contributed by atoms with van der Waals surface area (Å²) in [7, 11) is 1.75. The second-order valence-corrected chi connectivity index (χ2v) is 2.81. The minimum absolute atomic E-state index is 0.372. The lowest BCUT2D eigenvalue weighted by Gasteiger charge is -2.01. The number of hydrogen-bond acceptors (Lipinski definition) is 3. The number of para-hydroxylation sites is 1. The maximum Gasteiger partial charge on any atom is 0.337 e. The second-order valence-electron chi connectivity index (χ2n) is 2.81. The molecule has 0 aromatic heterocycles. The monoisotopic (exact) mass is 191 g/mol. The highest BCUT2D eigenvalue weighted by atomic mass is 16.5. The molecule has 3 heteroatoms. The van der Waals surface area contributed by atoms with E-state index in [-0.39, 0.29) is 5.97 Å². The number of esters is 1. The number of ether oxygens (including phenoxy) is 1. The molecule has 0 unspecified atom stereocenters. The molecule has 1 aromatic rings. The molecule has 0 spiro atoms. The molecule has 0 saturated carbocycles. The van der Waals surface area contributed by atoms with Crippen molar-refractivity contribution >= 4 is 5.97 Å². The topological polar surface area (TPSA) is 38.3 Å². The lowest BCUT2D eigenvalue weighted by molar-refractivity contribution is -0.129. The number of carbonyl (C=O) groups is 1. The van der Waals surface area contributed by atoms with E-state index in [1.807, 2.05) is 18.2 Å². The minimum atomic E-state index is -0.372. The fraction of sp³-hybridized carbons (Fsp3) is 0.182. The molecule has 1 N–H and O–H groups in total. The number of hydrogen-bond donors (Lipinski definition) is 1. The summed E-state index contributed by atoms with van der Waals surface area (Å²) in [5.41, 5.74) is 0.769. The molecule has 0 aliphatic carbocycles. The van der Waals surface area contributed by atoms with Crippen LogP contribution in [0.25, 0.3) is 0 Å². The average Bonchev–Trinajstić information content (AvgIpc) is 2.19. The lowest BCUT2D eigenvalue weighted by atomic mass is 10.3. The van der Waals surface area contributed by atoms with E-state index in [1.54, 1.807) is 26.1 Å². The Bertz CT molecular complexity index is 330. The molecule has 1 rings (SSSR count). The molecule has 3 nitrogen and oxygen atoms in total. The summed E-state index contributed by atoms with van der Waals surface area (Å²) >= 11 is 0. The highest BCUT2D eigenvalue weighted by Crippen LogP contribution is 2.08. The smallest absolute Gasteiger partial charge is 0.337 e. The van der Waals surface area contributed by atoms with E-state index in [0.29, 0.717) is 5.75 Å². The van der Waals surface area contributed by atoms with E-state index in [9.17, 15) is 4.79 Å². The summed E-state index contributed by atoms with van der Waals surface area (Å²) < 4.78 is 5.03. The quantitative estimate of drug-likeness (QED) is 0.449. The van der Waals surface area contributed by atoms with Crippen LogP contribution in [0, 0.1) is 0 Å². The highest BCUT2D eigenvalue weighted by Gasteiger charge is 1.99. The molecule has 0 bridgehead atoms. The van der Waals surface area contributed by atoms with E-state index < -0.39 is 0 Å². The van der Waals surface area contributed by atoms with Gasteiger partial charge < -0.3 is 10.1 Å². The molecule has 0 amide bonds. The Morgan fingerprint density at radius 2 is 2.00 bits per heavy atom. The third kappa shape index (κ3) is 3.31. The van der Waals surface area contributed by atoms with Crippen molar-refractivity contribution in [2.24, 2.45) is 0 Å². The molecular weight excluding hydrogens is 178 g/mol. The zero-order valence-electron chi connectivity index (χ0n) is 8.28. The fourth-order valence-electron chi connectivity index (χ4n) is 0.883. The van der Waals surface area contributed by atoms with Gasteiger partial charge in [-0.2, -0.15) is 0 Å². The number of carbonyl (C=O) groups excluding carboxylic acids is 1. The normalized spacial score (nSPS) is 10.9. The van der Waals surface area contributed by atoms with Gasteiger partial charge in [0.2, 0.25) is 0 Å². The molecule has 0 atom stereocenters. The van der Waals surface area contributed by atoms with E-state index in [1.165, 1.54) is 6.08 Å². The first-order chi connectivity index (χ1) is 6.72. The standard InChI is InChI=1S/C11H13NO2/c1-9(12-2)8-11(13)14-10-6-4-3-5-7-10/h3-8,12H,1-2H3. The van der Waals surface area contributed by atoms with Crippen LogP contribution >= 0.6 is 0 Å². The molecular formula is C11H13NO2. The SMILES string of the molecule is CNC(C)=CC(=O)Oc1ccccc1. The number of nitrogens with one attached hydrogen (secondary N) is 1. The Morgan fingerprint density at radius 1 is 1.36 bits per heavy atom. The van der Waals surface area contributed by atoms with Crippen LogP contribution in [-0.4, -0.2) is 13.0 Å². The van der Waals surface area contributed by atoms with Crippen LogP contribution in [0.1, 0.15) is 6.92 Å². The van der Waals surface area contributed by atoms with Crippen LogP contribution in [0.5, 0.6) is 5.75 Å². The Labute approximate surface area is 83.4 Å². The van der Waals surface area contributed by atoms with Crippen molar-refractivity contribution in [3.05, 3.63) is 42.1 Å². The summed E-state index contributed by atoms with van der Waals surface area (Å²) in [5.74, 6) is 0.181. The first kappa shape index (κ1) is 10.3. The maximum absolute atomic E-state index is 11.2. The Hall–Kier alpha value is -1.77. The summed E-state index contributed by atoms with van der Waals surface area (Å²) in [6, 6.07) is 8.97. The van der Waals surface area contributed by atoms with E-state index in [4.69, 9.17) is 4.74 Å². The van der Waals surface area contributed by atoms with Gasteiger partial charge in [-0.15, -0.1) is 0 Å². The summed E-state index contributed by atoms with van der Waals surface area (Å²) in [6.45, 7) is 1.80. The molecule has 0 radical (unpaired) electrons.